The zero-order chi connectivity index (χ0) is 28.5. The van der Waals surface area contributed by atoms with Crippen LogP contribution in [0.3, 0.4) is 0 Å². The molecule has 0 spiro atoms. The lowest BCUT2D eigenvalue weighted by atomic mass is 10.0. The number of carboxylic acid groups (broad SMARTS) is 1. The number of ketones is 1. The van der Waals surface area contributed by atoms with Crippen LogP contribution >= 0.6 is 0 Å². The Kier molecular flexibility index (Phi) is 6.57. The van der Waals surface area contributed by atoms with Crippen molar-refractivity contribution in [2.75, 3.05) is 0 Å². The van der Waals surface area contributed by atoms with Crippen molar-refractivity contribution in [3.05, 3.63) is 143 Å². The summed E-state index contributed by atoms with van der Waals surface area (Å²) in [5.41, 5.74) is 2.58. The molecule has 0 unspecified atom stereocenters. The number of nitrogens with zero attached hydrogens (tertiary/aromatic N) is 2. The molecular weight excluding hydrogens is 521 g/mol. The molecule has 200 valence electrons. The van der Waals surface area contributed by atoms with Crippen molar-refractivity contribution in [2.24, 2.45) is 0 Å². The van der Waals surface area contributed by atoms with Crippen LogP contribution in [0.15, 0.2) is 109 Å². The zero-order valence-electron chi connectivity index (χ0n) is 21.5. The smallest absolute Gasteiger partial charge is 0.335 e. The first kappa shape index (κ1) is 25.6. The number of nitrogens with one attached hydrogen (secondary N) is 1. The van der Waals surface area contributed by atoms with Gasteiger partial charge in [-0.2, -0.15) is 0 Å². The van der Waals surface area contributed by atoms with Crippen molar-refractivity contribution in [2.45, 2.75) is 6.54 Å². The van der Waals surface area contributed by atoms with Crippen molar-refractivity contribution in [1.29, 1.82) is 0 Å². The summed E-state index contributed by atoms with van der Waals surface area (Å²) < 4.78 is 16.2. The maximum absolute atomic E-state index is 14.7. The average Bonchev–Trinajstić information content (AvgIpc) is 3.43. The number of aromatic nitrogens is 2. The molecule has 2 heterocycles. The molecule has 6 rings (SSSR count). The number of rotatable bonds is 7. The lowest BCUT2D eigenvalue weighted by Gasteiger charge is -2.13. The number of halogens is 1. The normalized spacial score (nSPS) is 11.0. The molecule has 4 aromatic carbocycles. The highest BCUT2D eigenvalue weighted by molar-refractivity contribution is 6.10. The molecule has 0 aliphatic rings. The van der Waals surface area contributed by atoms with Gasteiger partial charge in [0.25, 0.3) is 5.91 Å². The van der Waals surface area contributed by atoms with Gasteiger partial charge in [-0.25, -0.2) is 14.2 Å². The molecule has 0 saturated heterocycles. The third-order valence-electron chi connectivity index (χ3n) is 6.92. The molecule has 0 radical (unpaired) electrons. The van der Waals surface area contributed by atoms with Gasteiger partial charge >= 0.3 is 5.97 Å². The molecule has 0 saturated carbocycles. The first-order valence-electron chi connectivity index (χ1n) is 12.8. The molecule has 0 atom stereocenters. The Morgan fingerprint density at radius 1 is 0.780 bits per heavy atom. The number of fused-ring (bicyclic) bond motifs is 2. The lowest BCUT2D eigenvalue weighted by molar-refractivity contribution is 0.0696. The van der Waals surface area contributed by atoms with Crippen molar-refractivity contribution in [3.63, 3.8) is 0 Å². The predicted octanol–water partition coefficient (Wildman–Crippen LogP) is 6.15. The summed E-state index contributed by atoms with van der Waals surface area (Å²) in [5.74, 6) is -2.33. The number of aromatic carboxylic acids is 1. The summed E-state index contributed by atoms with van der Waals surface area (Å²) in [6, 6.07) is 28.6. The lowest BCUT2D eigenvalue weighted by Crippen LogP contribution is -2.26. The van der Waals surface area contributed by atoms with Crippen molar-refractivity contribution < 1.29 is 23.9 Å². The van der Waals surface area contributed by atoms with E-state index < -0.39 is 17.7 Å². The Bertz CT molecular complexity index is 1980. The molecule has 8 heteroatoms. The number of hydrogen-bond acceptors (Lipinski definition) is 4. The van der Waals surface area contributed by atoms with Crippen LogP contribution in [0.25, 0.3) is 27.5 Å². The predicted molar refractivity (Wildman–Crippen MR) is 153 cm³/mol. The Balaban J connectivity index is 1.42. The number of pyridine rings is 1. The van der Waals surface area contributed by atoms with Crippen molar-refractivity contribution >= 4 is 34.1 Å². The van der Waals surface area contributed by atoms with E-state index in [0.29, 0.717) is 27.9 Å². The van der Waals surface area contributed by atoms with E-state index in [0.717, 1.165) is 10.8 Å². The van der Waals surface area contributed by atoms with Crippen molar-refractivity contribution in [1.82, 2.24) is 14.7 Å². The van der Waals surface area contributed by atoms with Gasteiger partial charge in [0.1, 0.15) is 22.9 Å². The van der Waals surface area contributed by atoms with E-state index >= 15 is 0 Å². The number of hydrogen-bond donors (Lipinski definition) is 2. The number of amides is 1. The summed E-state index contributed by atoms with van der Waals surface area (Å²) in [7, 11) is 0. The van der Waals surface area contributed by atoms with Crippen LogP contribution in [-0.4, -0.2) is 32.2 Å². The van der Waals surface area contributed by atoms with Crippen LogP contribution < -0.4 is 5.32 Å². The van der Waals surface area contributed by atoms with Crippen LogP contribution in [-0.2, 0) is 6.54 Å². The van der Waals surface area contributed by atoms with Crippen LogP contribution in [0.2, 0.25) is 0 Å². The summed E-state index contributed by atoms with van der Waals surface area (Å²) in [4.78, 5) is 42.9. The Hall–Kier alpha value is -5.63. The maximum Gasteiger partial charge on any atom is 0.335 e. The van der Waals surface area contributed by atoms with Crippen molar-refractivity contribution in [3.8, 4) is 11.1 Å². The Morgan fingerprint density at radius 3 is 2.24 bits per heavy atom. The molecular formula is C33H22FN3O4. The van der Waals surface area contributed by atoms with E-state index in [1.54, 1.807) is 48.5 Å². The number of carbonyl (C=O) groups is 3. The number of benzene rings is 4. The van der Waals surface area contributed by atoms with Crippen LogP contribution in [0.5, 0.6) is 0 Å². The first-order valence-corrected chi connectivity index (χ1v) is 12.8. The summed E-state index contributed by atoms with van der Waals surface area (Å²) in [5, 5.41) is 13.9. The van der Waals surface area contributed by atoms with E-state index in [1.165, 1.54) is 34.9 Å². The number of carbonyl (C=O) groups excluding carboxylic acids is 2. The topological polar surface area (TPSA) is 101 Å². The molecule has 2 N–H and O–H groups in total. The minimum absolute atomic E-state index is 0.101. The van der Waals surface area contributed by atoms with Crippen LogP contribution in [0.1, 0.15) is 42.5 Å². The fourth-order valence-corrected chi connectivity index (χ4v) is 4.81. The van der Waals surface area contributed by atoms with Crippen LogP contribution in [0, 0.1) is 5.82 Å². The average molecular weight is 544 g/mol. The third-order valence-corrected chi connectivity index (χ3v) is 6.92. The van der Waals surface area contributed by atoms with Gasteiger partial charge in [0.05, 0.1) is 11.8 Å². The standard InChI is InChI=1S/C33H22FN3O4/c34-27-8-4-3-7-26(27)25-16-28(32(39)36-18-20-9-11-22(12-10-20)33(40)41)37-29(19-35-30(37)17-25)31(38)24-14-13-21-5-1-2-6-23(21)15-24/h1-17,19H,18H2,(H,36,39)(H,40,41). The largest absolute Gasteiger partial charge is 0.478 e. The van der Waals surface area contributed by atoms with Gasteiger partial charge in [-0.05, 0) is 58.3 Å². The van der Waals surface area contributed by atoms with E-state index in [-0.39, 0.29) is 29.3 Å². The van der Waals surface area contributed by atoms with Gasteiger partial charge in [-0.1, -0.05) is 66.7 Å². The van der Waals surface area contributed by atoms with E-state index in [2.05, 4.69) is 10.3 Å². The molecule has 0 aliphatic carbocycles. The zero-order valence-corrected chi connectivity index (χ0v) is 21.5. The molecule has 0 aliphatic heterocycles. The Labute approximate surface area is 233 Å². The number of carboxylic acids is 1. The second-order valence-electron chi connectivity index (χ2n) is 9.52. The highest BCUT2D eigenvalue weighted by Crippen LogP contribution is 2.27. The van der Waals surface area contributed by atoms with Gasteiger partial charge in [-0.3, -0.25) is 14.0 Å². The molecule has 2 aromatic heterocycles. The van der Waals surface area contributed by atoms with Gasteiger partial charge in [0, 0.05) is 17.7 Å². The summed E-state index contributed by atoms with van der Waals surface area (Å²) >= 11 is 0. The van der Waals surface area contributed by atoms with Crippen LogP contribution in [0.4, 0.5) is 4.39 Å². The first-order chi connectivity index (χ1) is 19.9. The third kappa shape index (κ3) is 4.94. The molecule has 0 bridgehead atoms. The second kappa shape index (κ2) is 10.5. The fraction of sp³-hybridized carbons (Fsp3) is 0.0303. The SMILES string of the molecule is O=C(O)c1ccc(CNC(=O)c2cc(-c3ccccc3F)cc3ncc(C(=O)c4ccc5ccccc5c4)n23)cc1. The fourth-order valence-electron chi connectivity index (χ4n) is 4.81. The molecule has 41 heavy (non-hydrogen) atoms. The van der Waals surface area contributed by atoms with E-state index in [9.17, 15) is 18.8 Å². The van der Waals surface area contributed by atoms with E-state index in [4.69, 9.17) is 5.11 Å². The second-order valence-corrected chi connectivity index (χ2v) is 9.52. The van der Waals surface area contributed by atoms with Gasteiger partial charge in [0.15, 0.2) is 0 Å². The minimum Gasteiger partial charge on any atom is -0.478 e. The quantitative estimate of drug-likeness (QED) is 0.235. The molecule has 1 amide bonds. The van der Waals surface area contributed by atoms with Gasteiger partial charge in [-0.15, -0.1) is 0 Å². The molecule has 0 fully saturated rings. The number of imidazole rings is 1. The molecule has 7 nitrogen and oxygen atoms in total. The van der Waals surface area contributed by atoms with Gasteiger partial charge in [0.2, 0.25) is 5.78 Å². The summed E-state index contributed by atoms with van der Waals surface area (Å²) in [6.07, 6.45) is 1.42. The summed E-state index contributed by atoms with van der Waals surface area (Å²) in [6.45, 7) is 0.104. The highest BCUT2D eigenvalue weighted by atomic mass is 19.1. The van der Waals surface area contributed by atoms with Gasteiger partial charge < -0.3 is 10.4 Å². The highest BCUT2D eigenvalue weighted by Gasteiger charge is 2.22. The van der Waals surface area contributed by atoms with E-state index in [1.807, 2.05) is 30.3 Å². The maximum atomic E-state index is 14.7. The minimum atomic E-state index is -1.04. The monoisotopic (exact) mass is 543 g/mol. The molecule has 6 aromatic rings. The Morgan fingerprint density at radius 2 is 1.49 bits per heavy atom.